The first-order chi connectivity index (χ1) is 14.2. The van der Waals surface area contributed by atoms with Crippen LogP contribution in [0.4, 0.5) is 5.00 Å². The summed E-state index contributed by atoms with van der Waals surface area (Å²) in [6.07, 6.45) is 7.04. The number of carbonyl (C=O) groups is 1. The third-order valence-electron chi connectivity index (χ3n) is 5.01. The van der Waals surface area contributed by atoms with Crippen LogP contribution in [0.2, 0.25) is 0 Å². The number of fused-ring (bicyclic) bond motifs is 1. The Morgan fingerprint density at radius 2 is 2.14 bits per heavy atom. The zero-order valence-electron chi connectivity index (χ0n) is 16.1. The molecule has 1 aliphatic rings. The van der Waals surface area contributed by atoms with Gasteiger partial charge in [0.05, 0.1) is 17.0 Å². The smallest absolute Gasteiger partial charge is 0.235 e. The second-order valence-corrected chi connectivity index (χ2v) is 9.03. The predicted octanol–water partition coefficient (Wildman–Crippen LogP) is 4.51. The van der Waals surface area contributed by atoms with Gasteiger partial charge in [-0.2, -0.15) is 5.26 Å². The highest BCUT2D eigenvalue weighted by molar-refractivity contribution is 7.99. The molecule has 0 spiro atoms. The first-order valence-electron chi connectivity index (χ1n) is 9.60. The van der Waals surface area contributed by atoms with E-state index in [0.29, 0.717) is 15.7 Å². The molecule has 1 aromatic carbocycles. The van der Waals surface area contributed by atoms with Crippen LogP contribution in [-0.2, 0) is 17.6 Å². The number of hydrogen-bond acceptors (Lipinski definition) is 6. The van der Waals surface area contributed by atoms with Gasteiger partial charge in [-0.25, -0.2) is 0 Å². The van der Waals surface area contributed by atoms with Gasteiger partial charge in [0, 0.05) is 4.88 Å². The predicted molar refractivity (Wildman–Crippen MR) is 116 cm³/mol. The molecule has 8 heteroatoms. The number of thioether (sulfide) groups is 1. The van der Waals surface area contributed by atoms with Crippen LogP contribution in [0.3, 0.4) is 0 Å². The van der Waals surface area contributed by atoms with Crippen molar-refractivity contribution in [2.75, 3.05) is 11.1 Å². The zero-order chi connectivity index (χ0) is 20.2. The molecule has 29 heavy (non-hydrogen) atoms. The minimum atomic E-state index is -0.137. The molecule has 3 aromatic rings. The number of rotatable bonds is 5. The van der Waals surface area contributed by atoms with E-state index in [4.69, 9.17) is 0 Å². The Bertz CT molecular complexity index is 1080. The molecule has 6 nitrogen and oxygen atoms in total. The lowest BCUT2D eigenvalue weighted by molar-refractivity contribution is -0.113. The normalized spacial score (nSPS) is 13.4. The number of nitriles is 1. The Labute approximate surface area is 178 Å². The molecule has 2 heterocycles. The number of para-hydroxylation sites is 1. The highest BCUT2D eigenvalue weighted by Crippen LogP contribution is 2.37. The third-order valence-corrected chi connectivity index (χ3v) is 7.16. The van der Waals surface area contributed by atoms with Gasteiger partial charge in [0.2, 0.25) is 5.91 Å². The number of nitrogens with one attached hydrogen (secondary N) is 1. The van der Waals surface area contributed by atoms with Crippen LogP contribution in [0.5, 0.6) is 0 Å². The summed E-state index contributed by atoms with van der Waals surface area (Å²) in [6, 6.07) is 10.3. The molecule has 0 radical (unpaired) electrons. The monoisotopic (exact) mass is 423 g/mol. The summed E-state index contributed by atoms with van der Waals surface area (Å²) >= 11 is 2.89. The van der Waals surface area contributed by atoms with Gasteiger partial charge >= 0.3 is 0 Å². The van der Waals surface area contributed by atoms with E-state index in [1.807, 2.05) is 35.8 Å². The molecule has 4 rings (SSSR count). The molecule has 1 amide bonds. The molecule has 1 aliphatic carbocycles. The van der Waals surface area contributed by atoms with E-state index in [1.54, 1.807) is 17.7 Å². The van der Waals surface area contributed by atoms with E-state index in [1.165, 1.54) is 23.1 Å². The van der Waals surface area contributed by atoms with Crippen molar-refractivity contribution in [2.24, 2.45) is 0 Å². The van der Waals surface area contributed by atoms with Crippen molar-refractivity contribution in [2.45, 2.75) is 44.2 Å². The van der Waals surface area contributed by atoms with Crippen LogP contribution >= 0.6 is 23.1 Å². The van der Waals surface area contributed by atoms with Crippen molar-refractivity contribution in [3.63, 3.8) is 0 Å². The van der Waals surface area contributed by atoms with Crippen LogP contribution < -0.4 is 5.32 Å². The number of nitrogens with zero attached hydrogens (tertiary/aromatic N) is 4. The van der Waals surface area contributed by atoms with Gasteiger partial charge in [-0.05, 0) is 49.8 Å². The molecular formula is C21H21N5OS2. The lowest BCUT2D eigenvalue weighted by Crippen LogP contribution is -2.14. The number of amides is 1. The first-order valence-corrected chi connectivity index (χ1v) is 11.4. The van der Waals surface area contributed by atoms with E-state index in [9.17, 15) is 10.1 Å². The van der Waals surface area contributed by atoms with E-state index in [-0.39, 0.29) is 11.7 Å². The minimum Gasteiger partial charge on any atom is -0.316 e. The van der Waals surface area contributed by atoms with Crippen LogP contribution in [0.25, 0.3) is 5.69 Å². The van der Waals surface area contributed by atoms with Gasteiger partial charge in [-0.3, -0.25) is 9.36 Å². The van der Waals surface area contributed by atoms with Crippen molar-refractivity contribution in [1.82, 2.24) is 14.8 Å². The molecule has 148 valence electrons. The Balaban J connectivity index is 1.46. The number of hydrogen-bond donors (Lipinski definition) is 1. The van der Waals surface area contributed by atoms with Crippen molar-refractivity contribution >= 4 is 34.0 Å². The SMILES string of the molecule is Cc1ccccc1-n1cnnc1SCC(=O)Nc1sc2c(c1C#N)CCCCC2. The number of aromatic nitrogens is 3. The van der Waals surface area contributed by atoms with Gasteiger partial charge in [0.25, 0.3) is 0 Å². The fourth-order valence-electron chi connectivity index (χ4n) is 3.56. The Hall–Kier alpha value is -2.63. The number of aryl methyl sites for hydroxylation is 2. The van der Waals surface area contributed by atoms with E-state index >= 15 is 0 Å². The zero-order valence-corrected chi connectivity index (χ0v) is 17.8. The van der Waals surface area contributed by atoms with E-state index in [0.717, 1.165) is 42.5 Å². The lowest BCUT2D eigenvalue weighted by Gasteiger charge is -2.09. The second-order valence-electron chi connectivity index (χ2n) is 6.99. The summed E-state index contributed by atoms with van der Waals surface area (Å²) in [5, 5.41) is 22.1. The molecule has 0 saturated heterocycles. The van der Waals surface area contributed by atoms with E-state index < -0.39 is 0 Å². The fourth-order valence-corrected chi connectivity index (χ4v) is 5.54. The Kier molecular flexibility index (Phi) is 5.97. The van der Waals surface area contributed by atoms with Crippen molar-refractivity contribution in [1.29, 1.82) is 5.26 Å². The third kappa shape index (κ3) is 4.21. The summed E-state index contributed by atoms with van der Waals surface area (Å²) in [5.41, 5.74) is 3.89. The standard InChI is InChI=1S/C21H21N5OS2/c1-14-7-5-6-9-17(14)26-13-23-25-21(26)28-12-19(27)24-20-16(11-22)15-8-3-2-4-10-18(15)29-20/h5-7,9,13H,2-4,8,10,12H2,1H3,(H,24,27). The topological polar surface area (TPSA) is 83.6 Å². The van der Waals surface area contributed by atoms with Gasteiger partial charge in [0.1, 0.15) is 17.4 Å². The summed E-state index contributed by atoms with van der Waals surface area (Å²) in [4.78, 5) is 13.8. The highest BCUT2D eigenvalue weighted by Gasteiger charge is 2.21. The van der Waals surface area contributed by atoms with Crippen molar-refractivity contribution in [3.8, 4) is 11.8 Å². The molecule has 0 aliphatic heterocycles. The molecule has 0 saturated carbocycles. The average molecular weight is 424 g/mol. The largest absolute Gasteiger partial charge is 0.316 e. The first kappa shape index (κ1) is 19.7. The second kappa shape index (κ2) is 8.80. The van der Waals surface area contributed by atoms with E-state index in [2.05, 4.69) is 21.6 Å². The van der Waals surface area contributed by atoms with Crippen LogP contribution in [0, 0.1) is 18.3 Å². The summed E-state index contributed by atoms with van der Waals surface area (Å²) in [5.74, 6) is 0.0695. The number of anilines is 1. The summed E-state index contributed by atoms with van der Waals surface area (Å²) < 4.78 is 1.89. The van der Waals surface area contributed by atoms with Crippen LogP contribution in [0.1, 0.15) is 40.8 Å². The molecular weight excluding hydrogens is 402 g/mol. The van der Waals surface area contributed by atoms with Crippen molar-refractivity contribution in [3.05, 3.63) is 52.2 Å². The molecule has 1 N–H and O–H groups in total. The van der Waals surface area contributed by atoms with Crippen LogP contribution in [-0.4, -0.2) is 26.4 Å². The summed E-state index contributed by atoms with van der Waals surface area (Å²) in [7, 11) is 0. The van der Waals surface area contributed by atoms with Gasteiger partial charge in [-0.1, -0.05) is 36.4 Å². The molecule has 0 fully saturated rings. The molecule has 0 bridgehead atoms. The maximum Gasteiger partial charge on any atom is 0.235 e. The lowest BCUT2D eigenvalue weighted by atomic mass is 10.1. The quantitative estimate of drug-likeness (QED) is 0.482. The fraction of sp³-hybridized carbons (Fsp3) is 0.333. The highest BCUT2D eigenvalue weighted by atomic mass is 32.2. The maximum atomic E-state index is 12.6. The maximum absolute atomic E-state index is 12.6. The van der Waals surface area contributed by atoms with Gasteiger partial charge < -0.3 is 5.32 Å². The number of benzene rings is 1. The Morgan fingerprint density at radius 3 is 2.97 bits per heavy atom. The Morgan fingerprint density at radius 1 is 1.31 bits per heavy atom. The molecule has 0 atom stereocenters. The van der Waals surface area contributed by atoms with Gasteiger partial charge in [-0.15, -0.1) is 21.5 Å². The number of carbonyl (C=O) groups excluding carboxylic acids is 1. The van der Waals surface area contributed by atoms with Crippen LogP contribution in [0.15, 0.2) is 35.7 Å². The average Bonchev–Trinajstić information content (AvgIpc) is 3.24. The number of thiophene rings is 1. The van der Waals surface area contributed by atoms with Crippen molar-refractivity contribution < 1.29 is 4.79 Å². The van der Waals surface area contributed by atoms with Gasteiger partial charge in [0.15, 0.2) is 5.16 Å². The molecule has 2 aromatic heterocycles. The summed E-state index contributed by atoms with van der Waals surface area (Å²) in [6.45, 7) is 2.03. The molecule has 0 unspecified atom stereocenters. The minimum absolute atomic E-state index is 0.137.